The van der Waals surface area contributed by atoms with E-state index in [9.17, 15) is 14.7 Å². The Morgan fingerprint density at radius 2 is 2.00 bits per heavy atom. The van der Waals surface area contributed by atoms with Crippen molar-refractivity contribution in [2.75, 3.05) is 6.61 Å². The Morgan fingerprint density at radius 1 is 1.30 bits per heavy atom. The third kappa shape index (κ3) is 3.95. The van der Waals surface area contributed by atoms with E-state index in [0.717, 1.165) is 11.1 Å². The molecule has 140 valence electrons. The summed E-state index contributed by atoms with van der Waals surface area (Å²) in [6.45, 7) is 3.40. The van der Waals surface area contributed by atoms with Gasteiger partial charge in [0.25, 0.3) is 11.5 Å². The predicted octanol–water partition coefficient (Wildman–Crippen LogP) is 1.05. The van der Waals surface area contributed by atoms with Gasteiger partial charge < -0.3 is 10.4 Å². The fourth-order valence-corrected chi connectivity index (χ4v) is 2.56. The molecule has 0 aliphatic heterocycles. The van der Waals surface area contributed by atoms with E-state index in [1.807, 2.05) is 31.2 Å². The first-order valence-electron chi connectivity index (χ1n) is 8.51. The van der Waals surface area contributed by atoms with Crippen LogP contribution < -0.4 is 10.9 Å². The molecule has 0 saturated heterocycles. The highest BCUT2D eigenvalue weighted by Gasteiger charge is 2.19. The highest BCUT2D eigenvalue weighted by Crippen LogP contribution is 2.18. The molecule has 2 aromatic heterocycles. The van der Waals surface area contributed by atoms with Gasteiger partial charge in [-0.05, 0) is 19.9 Å². The summed E-state index contributed by atoms with van der Waals surface area (Å²) in [5, 5.41) is 20.3. The molecule has 0 aliphatic rings. The van der Waals surface area contributed by atoms with E-state index < -0.39 is 17.5 Å². The Labute approximate surface area is 156 Å². The number of carbonyl (C=O) groups is 1. The van der Waals surface area contributed by atoms with Gasteiger partial charge in [0.2, 0.25) is 0 Å². The first-order valence-corrected chi connectivity index (χ1v) is 8.51. The third-order valence-electron chi connectivity index (χ3n) is 4.09. The minimum Gasteiger partial charge on any atom is -0.394 e. The molecule has 8 heteroatoms. The minimum atomic E-state index is -0.560. The number of aliphatic hydroxyl groups excluding tert-OH is 1. The molecule has 27 heavy (non-hydrogen) atoms. The molecule has 0 saturated carbocycles. The quantitative estimate of drug-likeness (QED) is 0.702. The van der Waals surface area contributed by atoms with Gasteiger partial charge in [-0.25, -0.2) is 0 Å². The van der Waals surface area contributed by atoms with Crippen LogP contribution in [0.3, 0.4) is 0 Å². The average Bonchev–Trinajstić information content (AvgIpc) is 3.08. The Balaban J connectivity index is 2.17. The maximum absolute atomic E-state index is 12.9. The molecule has 0 unspecified atom stereocenters. The van der Waals surface area contributed by atoms with Crippen LogP contribution in [-0.2, 0) is 7.05 Å². The monoisotopic (exact) mass is 367 g/mol. The second-order valence-corrected chi connectivity index (χ2v) is 6.46. The van der Waals surface area contributed by atoms with Crippen molar-refractivity contribution in [2.45, 2.75) is 19.9 Å². The van der Waals surface area contributed by atoms with Crippen LogP contribution >= 0.6 is 0 Å². The number of nitrogens with zero attached hydrogens (tertiary/aromatic N) is 4. The molecule has 0 radical (unpaired) electrons. The number of hydrogen-bond donors (Lipinski definition) is 2. The van der Waals surface area contributed by atoms with Crippen molar-refractivity contribution in [1.29, 1.82) is 0 Å². The normalized spacial score (nSPS) is 12.0. The number of benzene rings is 1. The number of carbonyl (C=O) groups excluding carboxylic acids is 1. The molecule has 0 aliphatic carbocycles. The molecule has 1 atom stereocenters. The van der Waals surface area contributed by atoms with Crippen molar-refractivity contribution in [3.05, 3.63) is 64.2 Å². The van der Waals surface area contributed by atoms with Gasteiger partial charge in [-0.1, -0.05) is 29.8 Å². The van der Waals surface area contributed by atoms with Crippen molar-refractivity contribution >= 4 is 5.91 Å². The molecule has 3 aromatic rings. The summed E-state index contributed by atoms with van der Waals surface area (Å²) in [5.41, 5.74) is 2.21. The van der Waals surface area contributed by atoms with Crippen molar-refractivity contribution < 1.29 is 9.90 Å². The van der Waals surface area contributed by atoms with Crippen molar-refractivity contribution in [2.24, 2.45) is 7.05 Å². The lowest BCUT2D eigenvalue weighted by molar-refractivity contribution is 0.0920. The number of rotatable bonds is 5. The van der Waals surface area contributed by atoms with Gasteiger partial charge in [-0.3, -0.25) is 14.3 Å². The maximum atomic E-state index is 12.9. The van der Waals surface area contributed by atoms with Crippen molar-refractivity contribution in [3.63, 3.8) is 0 Å². The standard InChI is InChI=1S/C19H21N5O3/c1-12-4-6-14(7-5-12)17-8-16(18(26)21-13(2)11-25)19(27)24(22-17)15-9-20-23(3)10-15/h4-10,13,25H,11H2,1-3H3,(H,21,26)/t13-/m1/s1. The van der Waals surface area contributed by atoms with E-state index in [1.165, 1.54) is 16.9 Å². The van der Waals surface area contributed by atoms with E-state index in [1.54, 1.807) is 24.9 Å². The van der Waals surface area contributed by atoms with Gasteiger partial charge in [-0.2, -0.15) is 14.9 Å². The lowest BCUT2D eigenvalue weighted by Crippen LogP contribution is -2.39. The average molecular weight is 367 g/mol. The topological polar surface area (TPSA) is 102 Å². The molecule has 1 amide bonds. The molecule has 8 nitrogen and oxygen atoms in total. The Morgan fingerprint density at radius 3 is 2.59 bits per heavy atom. The SMILES string of the molecule is Cc1ccc(-c2cc(C(=O)N[C@H](C)CO)c(=O)n(-c3cnn(C)c3)n2)cc1. The van der Waals surface area contributed by atoms with Crippen LogP contribution in [0.1, 0.15) is 22.8 Å². The Bertz CT molecular complexity index is 1020. The lowest BCUT2D eigenvalue weighted by atomic mass is 10.1. The molecule has 0 bridgehead atoms. The molecule has 0 fully saturated rings. The van der Waals surface area contributed by atoms with Crippen LogP contribution in [-0.4, -0.2) is 43.2 Å². The minimum absolute atomic E-state index is 0.0512. The van der Waals surface area contributed by atoms with Crippen LogP contribution in [0.15, 0.2) is 47.5 Å². The number of nitrogens with one attached hydrogen (secondary N) is 1. The fraction of sp³-hybridized carbons (Fsp3) is 0.263. The molecule has 3 rings (SSSR count). The fourth-order valence-electron chi connectivity index (χ4n) is 2.56. The van der Waals surface area contributed by atoms with Gasteiger partial charge in [0.1, 0.15) is 11.3 Å². The number of aliphatic hydroxyl groups is 1. The molecular formula is C19H21N5O3. The summed E-state index contributed by atoms with van der Waals surface area (Å²) in [4.78, 5) is 25.4. The molecule has 1 aromatic carbocycles. The van der Waals surface area contributed by atoms with E-state index in [0.29, 0.717) is 11.4 Å². The highest BCUT2D eigenvalue weighted by atomic mass is 16.3. The highest BCUT2D eigenvalue weighted by molar-refractivity contribution is 5.95. The largest absolute Gasteiger partial charge is 0.394 e. The van der Waals surface area contributed by atoms with Crippen molar-refractivity contribution in [3.8, 4) is 16.9 Å². The second-order valence-electron chi connectivity index (χ2n) is 6.46. The number of aromatic nitrogens is 4. The Hall–Kier alpha value is -3.26. The summed E-state index contributed by atoms with van der Waals surface area (Å²) in [6.07, 6.45) is 3.15. The van der Waals surface area contributed by atoms with Crippen LogP contribution in [0.25, 0.3) is 16.9 Å². The summed E-state index contributed by atoms with van der Waals surface area (Å²) in [5.74, 6) is -0.560. The van der Waals surface area contributed by atoms with Gasteiger partial charge in [0, 0.05) is 18.7 Å². The molecule has 2 heterocycles. The van der Waals surface area contributed by atoms with Crippen molar-refractivity contribution in [1.82, 2.24) is 24.9 Å². The summed E-state index contributed by atoms with van der Waals surface area (Å²) in [7, 11) is 1.73. The summed E-state index contributed by atoms with van der Waals surface area (Å²) >= 11 is 0. The van der Waals surface area contributed by atoms with Crippen LogP contribution in [0.5, 0.6) is 0 Å². The van der Waals surface area contributed by atoms with E-state index in [2.05, 4.69) is 15.5 Å². The zero-order chi connectivity index (χ0) is 19.6. The maximum Gasteiger partial charge on any atom is 0.284 e. The molecule has 2 N–H and O–H groups in total. The molecular weight excluding hydrogens is 346 g/mol. The first kappa shape index (κ1) is 18.5. The van der Waals surface area contributed by atoms with Crippen LogP contribution in [0.4, 0.5) is 0 Å². The number of amides is 1. The second kappa shape index (κ2) is 7.55. The smallest absolute Gasteiger partial charge is 0.284 e. The van der Waals surface area contributed by atoms with E-state index in [-0.39, 0.29) is 12.2 Å². The van der Waals surface area contributed by atoms with E-state index >= 15 is 0 Å². The third-order valence-corrected chi connectivity index (χ3v) is 4.09. The van der Waals surface area contributed by atoms with Gasteiger partial charge in [0.05, 0.1) is 24.7 Å². The van der Waals surface area contributed by atoms with Gasteiger partial charge in [0.15, 0.2) is 0 Å². The van der Waals surface area contributed by atoms with Gasteiger partial charge >= 0.3 is 0 Å². The first-order chi connectivity index (χ1) is 12.9. The number of aryl methyl sites for hydroxylation is 2. The zero-order valence-electron chi connectivity index (χ0n) is 15.4. The van der Waals surface area contributed by atoms with Gasteiger partial charge in [-0.15, -0.1) is 0 Å². The summed E-state index contributed by atoms with van der Waals surface area (Å²) < 4.78 is 2.72. The van der Waals surface area contributed by atoms with Crippen LogP contribution in [0, 0.1) is 6.92 Å². The Kier molecular flexibility index (Phi) is 5.18. The molecule has 0 spiro atoms. The van der Waals surface area contributed by atoms with Crippen LogP contribution in [0.2, 0.25) is 0 Å². The summed E-state index contributed by atoms with van der Waals surface area (Å²) in [6, 6.07) is 8.63. The zero-order valence-corrected chi connectivity index (χ0v) is 15.4. The number of hydrogen-bond acceptors (Lipinski definition) is 5. The lowest BCUT2D eigenvalue weighted by Gasteiger charge is -2.13. The predicted molar refractivity (Wildman–Crippen MR) is 101 cm³/mol. The van der Waals surface area contributed by atoms with E-state index in [4.69, 9.17) is 0 Å².